The van der Waals surface area contributed by atoms with E-state index in [4.69, 9.17) is 4.74 Å². The highest BCUT2D eigenvalue weighted by atomic mass is 16.5. The molecule has 0 aliphatic carbocycles. The quantitative estimate of drug-likeness (QED) is 0.584. The second-order valence-electron chi connectivity index (χ2n) is 3.32. The number of ether oxygens (including phenoxy) is 1. The maximum absolute atomic E-state index is 11.6. The lowest BCUT2D eigenvalue weighted by Crippen LogP contribution is -2.22. The van der Waals surface area contributed by atoms with Gasteiger partial charge in [-0.1, -0.05) is 12.1 Å². The minimum Gasteiger partial charge on any atom is -0.482 e. The molecule has 0 fully saturated rings. The van der Waals surface area contributed by atoms with Crippen molar-refractivity contribution in [2.75, 3.05) is 0 Å². The third kappa shape index (κ3) is 1.41. The summed E-state index contributed by atoms with van der Waals surface area (Å²) in [6.07, 6.45) is -0.583. The van der Waals surface area contributed by atoms with Crippen LogP contribution in [0, 0.1) is 0 Å². The monoisotopic (exact) mass is 190 g/mol. The number of rotatable bonds is 0. The van der Waals surface area contributed by atoms with Crippen molar-refractivity contribution >= 4 is 11.6 Å². The molecule has 14 heavy (non-hydrogen) atoms. The van der Waals surface area contributed by atoms with E-state index in [9.17, 15) is 9.59 Å². The molecule has 0 spiro atoms. The summed E-state index contributed by atoms with van der Waals surface area (Å²) in [7, 11) is 0. The Hall–Kier alpha value is -1.64. The second kappa shape index (κ2) is 3.25. The van der Waals surface area contributed by atoms with Gasteiger partial charge in [0.2, 0.25) is 0 Å². The van der Waals surface area contributed by atoms with E-state index < -0.39 is 6.10 Å². The molecular weight excluding hydrogens is 180 g/mol. The maximum atomic E-state index is 11.6. The Bertz CT molecular complexity index is 395. The van der Waals surface area contributed by atoms with Crippen LogP contribution in [0.25, 0.3) is 0 Å². The highest BCUT2D eigenvalue weighted by Crippen LogP contribution is 2.24. The molecule has 1 aromatic rings. The molecule has 3 nitrogen and oxygen atoms in total. The summed E-state index contributed by atoms with van der Waals surface area (Å²) >= 11 is 0. The molecule has 3 heteroatoms. The average molecular weight is 190 g/mol. The van der Waals surface area contributed by atoms with Crippen LogP contribution in [0.15, 0.2) is 24.3 Å². The van der Waals surface area contributed by atoms with Crippen LogP contribution in [-0.2, 0) is 4.79 Å². The van der Waals surface area contributed by atoms with Gasteiger partial charge in [-0.2, -0.15) is 0 Å². The summed E-state index contributed by atoms with van der Waals surface area (Å²) < 4.78 is 5.37. The predicted molar refractivity (Wildman–Crippen MR) is 50.5 cm³/mol. The molecule has 0 radical (unpaired) electrons. The van der Waals surface area contributed by atoms with Crippen LogP contribution < -0.4 is 4.74 Å². The van der Waals surface area contributed by atoms with Crippen molar-refractivity contribution in [3.05, 3.63) is 29.8 Å². The molecule has 0 aromatic heterocycles. The molecule has 1 aromatic carbocycles. The van der Waals surface area contributed by atoms with Crippen LogP contribution in [0.4, 0.5) is 0 Å². The van der Waals surface area contributed by atoms with E-state index >= 15 is 0 Å². The zero-order valence-electron chi connectivity index (χ0n) is 7.82. The first kappa shape index (κ1) is 8.94. The zero-order chi connectivity index (χ0) is 10.1. The fourth-order valence-electron chi connectivity index (χ4n) is 1.45. The van der Waals surface area contributed by atoms with Crippen LogP contribution >= 0.6 is 0 Å². The smallest absolute Gasteiger partial charge is 0.180 e. The van der Waals surface area contributed by atoms with Gasteiger partial charge in [-0.05, 0) is 19.1 Å². The minimum absolute atomic E-state index is 0.0574. The van der Waals surface area contributed by atoms with E-state index in [0.29, 0.717) is 11.3 Å². The number of para-hydroxylation sites is 1. The Morgan fingerprint density at radius 3 is 2.79 bits per heavy atom. The summed E-state index contributed by atoms with van der Waals surface area (Å²) in [6.45, 7) is 1.66. The van der Waals surface area contributed by atoms with E-state index in [1.165, 1.54) is 0 Å². The molecule has 0 N–H and O–H groups in total. The van der Waals surface area contributed by atoms with Gasteiger partial charge in [0.25, 0.3) is 0 Å². The molecule has 0 saturated carbocycles. The van der Waals surface area contributed by atoms with Gasteiger partial charge in [-0.15, -0.1) is 0 Å². The third-order valence-corrected chi connectivity index (χ3v) is 2.28. The summed E-state index contributed by atoms with van der Waals surface area (Å²) in [4.78, 5) is 22.9. The first-order valence-electron chi connectivity index (χ1n) is 4.50. The fourth-order valence-corrected chi connectivity index (χ4v) is 1.45. The van der Waals surface area contributed by atoms with E-state index in [1.807, 2.05) is 0 Å². The van der Waals surface area contributed by atoms with Gasteiger partial charge in [0, 0.05) is 0 Å². The Labute approximate surface area is 81.7 Å². The lowest BCUT2D eigenvalue weighted by atomic mass is 10.1. The highest BCUT2D eigenvalue weighted by Gasteiger charge is 2.26. The SMILES string of the molecule is CC1Oc2ccccc2C(=O)CC1=O. The fraction of sp³-hybridized carbons (Fsp3) is 0.273. The topological polar surface area (TPSA) is 43.4 Å². The average Bonchev–Trinajstić information content (AvgIpc) is 2.27. The van der Waals surface area contributed by atoms with Gasteiger partial charge >= 0.3 is 0 Å². The first-order chi connectivity index (χ1) is 6.68. The molecule has 2 rings (SSSR count). The van der Waals surface area contributed by atoms with Crippen LogP contribution in [0.2, 0.25) is 0 Å². The van der Waals surface area contributed by atoms with E-state index in [2.05, 4.69) is 0 Å². The number of carbonyl (C=O) groups is 2. The van der Waals surface area contributed by atoms with Crippen molar-refractivity contribution in [1.82, 2.24) is 0 Å². The third-order valence-electron chi connectivity index (χ3n) is 2.28. The Morgan fingerprint density at radius 2 is 2.00 bits per heavy atom. The normalized spacial score (nSPS) is 21.1. The number of hydrogen-bond acceptors (Lipinski definition) is 3. The highest BCUT2D eigenvalue weighted by molar-refractivity contribution is 6.11. The number of benzene rings is 1. The molecule has 1 unspecified atom stereocenters. The molecule has 0 bridgehead atoms. The van der Waals surface area contributed by atoms with Crippen molar-refractivity contribution in [3.8, 4) is 5.75 Å². The number of ketones is 2. The van der Waals surface area contributed by atoms with Crippen LogP contribution in [0.5, 0.6) is 5.75 Å². The molecule has 0 amide bonds. The molecule has 1 aliphatic heterocycles. The standard InChI is InChI=1S/C11H10O3/c1-7-9(12)6-10(13)8-4-2-3-5-11(8)14-7/h2-5,7H,6H2,1H3. The zero-order valence-corrected chi connectivity index (χ0v) is 7.82. The first-order valence-corrected chi connectivity index (χ1v) is 4.50. The van der Waals surface area contributed by atoms with Crippen LogP contribution in [0.1, 0.15) is 23.7 Å². The van der Waals surface area contributed by atoms with Crippen molar-refractivity contribution in [1.29, 1.82) is 0 Å². The number of Topliss-reactive ketones (excluding diaryl/α,β-unsaturated/α-hetero) is 2. The van der Waals surface area contributed by atoms with Gasteiger partial charge in [-0.25, -0.2) is 0 Å². The summed E-state index contributed by atoms with van der Waals surface area (Å²) in [6, 6.07) is 6.94. The Morgan fingerprint density at radius 1 is 1.29 bits per heavy atom. The molecule has 72 valence electrons. The van der Waals surface area contributed by atoms with Crippen LogP contribution in [-0.4, -0.2) is 17.7 Å². The Kier molecular flexibility index (Phi) is 2.08. The van der Waals surface area contributed by atoms with Gasteiger partial charge in [0.15, 0.2) is 17.7 Å². The van der Waals surface area contributed by atoms with Gasteiger partial charge in [0.05, 0.1) is 12.0 Å². The molecule has 1 aliphatic rings. The summed E-state index contributed by atoms with van der Waals surface area (Å²) in [5.41, 5.74) is 0.505. The number of hydrogen-bond donors (Lipinski definition) is 0. The number of carbonyl (C=O) groups excluding carboxylic acids is 2. The Balaban J connectivity index is 2.48. The lowest BCUT2D eigenvalue weighted by molar-refractivity contribution is -0.123. The van der Waals surface area contributed by atoms with Gasteiger partial charge < -0.3 is 4.74 Å². The largest absolute Gasteiger partial charge is 0.482 e. The molecule has 1 heterocycles. The molecule has 1 atom stereocenters. The van der Waals surface area contributed by atoms with Crippen molar-refractivity contribution < 1.29 is 14.3 Å². The summed E-state index contributed by atoms with van der Waals surface area (Å²) in [5, 5.41) is 0. The van der Waals surface area contributed by atoms with Crippen LogP contribution in [0.3, 0.4) is 0 Å². The molecular formula is C11H10O3. The van der Waals surface area contributed by atoms with Crippen molar-refractivity contribution in [2.24, 2.45) is 0 Å². The molecule has 0 saturated heterocycles. The second-order valence-corrected chi connectivity index (χ2v) is 3.32. The van der Waals surface area contributed by atoms with E-state index in [0.717, 1.165) is 0 Å². The van der Waals surface area contributed by atoms with Gasteiger partial charge in [-0.3, -0.25) is 9.59 Å². The maximum Gasteiger partial charge on any atom is 0.180 e. The van der Waals surface area contributed by atoms with Gasteiger partial charge in [0.1, 0.15) is 5.75 Å². The lowest BCUT2D eigenvalue weighted by Gasteiger charge is -2.09. The van der Waals surface area contributed by atoms with Crippen molar-refractivity contribution in [3.63, 3.8) is 0 Å². The van der Waals surface area contributed by atoms with E-state index in [1.54, 1.807) is 31.2 Å². The summed E-state index contributed by atoms with van der Waals surface area (Å²) in [5.74, 6) is 0.192. The predicted octanol–water partition coefficient (Wildman–Crippen LogP) is 1.61. The van der Waals surface area contributed by atoms with E-state index in [-0.39, 0.29) is 18.0 Å². The number of fused-ring (bicyclic) bond motifs is 1. The van der Waals surface area contributed by atoms with Crippen molar-refractivity contribution in [2.45, 2.75) is 19.4 Å². The minimum atomic E-state index is -0.525.